The van der Waals surface area contributed by atoms with Gasteiger partial charge in [-0.2, -0.15) is 0 Å². The number of hydrogen-bond acceptors (Lipinski definition) is 3. The van der Waals surface area contributed by atoms with Gasteiger partial charge >= 0.3 is 0 Å². The molecule has 106 valence electrons. The van der Waals surface area contributed by atoms with E-state index < -0.39 is 0 Å². The highest BCUT2D eigenvalue weighted by Crippen LogP contribution is 2.17. The fraction of sp³-hybridized carbons (Fsp3) is 0.312. The molecule has 0 aliphatic carbocycles. The number of pyridine rings is 1. The zero-order valence-electron chi connectivity index (χ0n) is 12.2. The molecule has 0 unspecified atom stereocenters. The zero-order chi connectivity index (χ0) is 14.5. The van der Waals surface area contributed by atoms with Crippen molar-refractivity contribution in [3.05, 3.63) is 58.2 Å². The van der Waals surface area contributed by atoms with Crippen molar-refractivity contribution in [2.75, 3.05) is 19.0 Å². The van der Waals surface area contributed by atoms with Gasteiger partial charge in [-0.05, 0) is 43.3 Å². The third-order valence-electron chi connectivity index (χ3n) is 3.25. The smallest absolute Gasteiger partial charge is 0.128 e. The highest BCUT2D eigenvalue weighted by atomic mass is 35.5. The van der Waals surface area contributed by atoms with Gasteiger partial charge in [0.15, 0.2) is 0 Å². The maximum atomic E-state index is 6.01. The molecule has 0 saturated carbocycles. The number of rotatable bonds is 5. The second-order valence-corrected chi connectivity index (χ2v) is 5.37. The minimum absolute atomic E-state index is 0.768. The predicted molar refractivity (Wildman–Crippen MR) is 85.3 cm³/mol. The Morgan fingerprint density at radius 2 is 2.05 bits per heavy atom. The summed E-state index contributed by atoms with van der Waals surface area (Å²) < 4.78 is 0. The molecule has 2 rings (SSSR count). The zero-order valence-corrected chi connectivity index (χ0v) is 12.9. The van der Waals surface area contributed by atoms with E-state index in [0.717, 1.165) is 29.6 Å². The lowest BCUT2D eigenvalue weighted by molar-refractivity contribution is 0.800. The van der Waals surface area contributed by atoms with E-state index in [4.69, 9.17) is 11.6 Å². The van der Waals surface area contributed by atoms with Crippen LogP contribution < -0.4 is 10.2 Å². The third kappa shape index (κ3) is 3.71. The van der Waals surface area contributed by atoms with Gasteiger partial charge in [0, 0.05) is 30.9 Å². The fourth-order valence-electron chi connectivity index (χ4n) is 2.16. The summed E-state index contributed by atoms with van der Waals surface area (Å²) in [6, 6.07) is 12.1. The summed E-state index contributed by atoms with van der Waals surface area (Å²) in [6.45, 7) is 3.68. The Morgan fingerprint density at radius 3 is 2.70 bits per heavy atom. The standard InChI is InChI=1S/C16H20ClN3/c1-12-14(10-18-2)7-8-16(19-12)20(3)11-13-5-4-6-15(17)9-13/h4-9,18H,10-11H2,1-3H3. The topological polar surface area (TPSA) is 28.2 Å². The Balaban J connectivity index is 2.13. The molecule has 0 atom stereocenters. The van der Waals surface area contributed by atoms with Gasteiger partial charge < -0.3 is 10.2 Å². The number of nitrogens with zero attached hydrogens (tertiary/aromatic N) is 2. The second kappa shape index (κ2) is 6.73. The van der Waals surface area contributed by atoms with Gasteiger partial charge in [-0.3, -0.25) is 0 Å². The molecular formula is C16H20ClN3. The summed E-state index contributed by atoms with van der Waals surface area (Å²) in [7, 11) is 3.99. The number of nitrogens with one attached hydrogen (secondary N) is 1. The van der Waals surface area contributed by atoms with Crippen LogP contribution in [-0.2, 0) is 13.1 Å². The predicted octanol–water partition coefficient (Wildman–Crippen LogP) is 3.40. The average Bonchev–Trinajstić information content (AvgIpc) is 2.41. The van der Waals surface area contributed by atoms with Gasteiger partial charge in [-0.25, -0.2) is 4.98 Å². The van der Waals surface area contributed by atoms with Crippen LogP contribution in [0.4, 0.5) is 5.82 Å². The van der Waals surface area contributed by atoms with Crippen molar-refractivity contribution in [3.8, 4) is 0 Å². The highest BCUT2D eigenvalue weighted by Gasteiger charge is 2.06. The van der Waals surface area contributed by atoms with Crippen molar-refractivity contribution in [2.45, 2.75) is 20.0 Å². The number of benzene rings is 1. The maximum Gasteiger partial charge on any atom is 0.128 e. The van der Waals surface area contributed by atoms with E-state index in [9.17, 15) is 0 Å². The largest absolute Gasteiger partial charge is 0.355 e. The maximum absolute atomic E-state index is 6.01. The minimum atomic E-state index is 0.768. The molecule has 0 aliphatic rings. The van der Waals surface area contributed by atoms with Crippen molar-refractivity contribution in [1.82, 2.24) is 10.3 Å². The number of halogens is 1. The first kappa shape index (κ1) is 14.8. The molecule has 1 N–H and O–H groups in total. The SMILES string of the molecule is CNCc1ccc(N(C)Cc2cccc(Cl)c2)nc1C. The molecule has 4 heteroatoms. The molecule has 3 nitrogen and oxygen atoms in total. The first-order valence-electron chi connectivity index (χ1n) is 6.67. The molecule has 1 aromatic carbocycles. The monoisotopic (exact) mass is 289 g/mol. The summed E-state index contributed by atoms with van der Waals surface area (Å²) >= 11 is 6.01. The Bertz CT molecular complexity index is 584. The lowest BCUT2D eigenvalue weighted by Gasteiger charge is -2.19. The van der Waals surface area contributed by atoms with E-state index in [1.165, 1.54) is 11.1 Å². The Kier molecular flexibility index (Phi) is 4.99. The van der Waals surface area contributed by atoms with Gasteiger partial charge in [0.1, 0.15) is 5.82 Å². The number of hydrogen-bond donors (Lipinski definition) is 1. The van der Waals surface area contributed by atoms with Crippen molar-refractivity contribution in [3.63, 3.8) is 0 Å². The molecule has 0 bridgehead atoms. The highest BCUT2D eigenvalue weighted by molar-refractivity contribution is 6.30. The molecule has 0 amide bonds. The molecule has 20 heavy (non-hydrogen) atoms. The molecule has 1 aromatic heterocycles. The summed E-state index contributed by atoms with van der Waals surface area (Å²) in [5.41, 5.74) is 3.47. The summed E-state index contributed by atoms with van der Waals surface area (Å²) in [6.07, 6.45) is 0. The van der Waals surface area contributed by atoms with Gasteiger partial charge in [-0.15, -0.1) is 0 Å². The Morgan fingerprint density at radius 1 is 1.25 bits per heavy atom. The van der Waals surface area contributed by atoms with E-state index in [1.54, 1.807) is 0 Å². The molecule has 2 aromatic rings. The van der Waals surface area contributed by atoms with E-state index >= 15 is 0 Å². The number of aromatic nitrogens is 1. The normalized spacial score (nSPS) is 10.6. The molecule has 0 aliphatic heterocycles. The van der Waals surface area contributed by atoms with Crippen molar-refractivity contribution in [2.24, 2.45) is 0 Å². The van der Waals surface area contributed by atoms with Crippen LogP contribution in [0.2, 0.25) is 5.02 Å². The Labute approximate surface area is 125 Å². The fourth-order valence-corrected chi connectivity index (χ4v) is 2.37. The molecule has 1 heterocycles. The van der Waals surface area contributed by atoms with Crippen molar-refractivity contribution < 1.29 is 0 Å². The van der Waals surface area contributed by atoms with Crippen molar-refractivity contribution >= 4 is 17.4 Å². The molecule has 0 radical (unpaired) electrons. The van der Waals surface area contributed by atoms with Crippen LogP contribution in [0.5, 0.6) is 0 Å². The van der Waals surface area contributed by atoms with Crippen LogP contribution in [0.1, 0.15) is 16.8 Å². The van der Waals surface area contributed by atoms with Crippen LogP contribution in [-0.4, -0.2) is 19.1 Å². The van der Waals surface area contributed by atoms with Crippen LogP contribution in [0.15, 0.2) is 36.4 Å². The first-order valence-corrected chi connectivity index (χ1v) is 7.04. The van der Waals surface area contributed by atoms with Gasteiger partial charge in [0.2, 0.25) is 0 Å². The quantitative estimate of drug-likeness (QED) is 0.914. The lowest BCUT2D eigenvalue weighted by atomic mass is 10.2. The number of anilines is 1. The summed E-state index contributed by atoms with van der Waals surface area (Å²) in [5.74, 6) is 0.974. The van der Waals surface area contributed by atoms with Gasteiger partial charge in [-0.1, -0.05) is 29.8 Å². The van der Waals surface area contributed by atoms with Gasteiger partial charge in [0.25, 0.3) is 0 Å². The lowest BCUT2D eigenvalue weighted by Crippen LogP contribution is -2.18. The van der Waals surface area contributed by atoms with Crippen LogP contribution >= 0.6 is 11.6 Å². The van der Waals surface area contributed by atoms with Crippen LogP contribution in [0.3, 0.4) is 0 Å². The van der Waals surface area contributed by atoms with E-state index in [2.05, 4.69) is 33.4 Å². The van der Waals surface area contributed by atoms with Gasteiger partial charge in [0.05, 0.1) is 0 Å². The molecule has 0 fully saturated rings. The minimum Gasteiger partial charge on any atom is -0.355 e. The molecule has 0 saturated heterocycles. The summed E-state index contributed by atoms with van der Waals surface area (Å²) in [4.78, 5) is 6.79. The first-order chi connectivity index (χ1) is 9.60. The molecule has 0 spiro atoms. The number of aryl methyl sites for hydroxylation is 1. The van der Waals surface area contributed by atoms with E-state index in [-0.39, 0.29) is 0 Å². The van der Waals surface area contributed by atoms with Crippen molar-refractivity contribution in [1.29, 1.82) is 0 Å². The molecular weight excluding hydrogens is 270 g/mol. The summed E-state index contributed by atoms with van der Waals surface area (Å²) in [5, 5.41) is 3.92. The van der Waals surface area contributed by atoms with Crippen LogP contribution in [0, 0.1) is 6.92 Å². The Hall–Kier alpha value is -1.58. The second-order valence-electron chi connectivity index (χ2n) is 4.93. The van der Waals surface area contributed by atoms with Crippen LogP contribution in [0.25, 0.3) is 0 Å². The average molecular weight is 290 g/mol. The van der Waals surface area contributed by atoms with E-state index in [0.29, 0.717) is 0 Å². The van der Waals surface area contributed by atoms with E-state index in [1.807, 2.05) is 39.2 Å². The third-order valence-corrected chi connectivity index (χ3v) is 3.48.